The molecule has 23 heavy (non-hydrogen) atoms. The Bertz CT molecular complexity index is 586. The van der Waals surface area contributed by atoms with Crippen molar-refractivity contribution < 1.29 is 14.3 Å². The van der Waals surface area contributed by atoms with Gasteiger partial charge < -0.3 is 10.1 Å². The number of carbonyl (C=O) groups is 2. The molecule has 126 valence electrons. The van der Waals surface area contributed by atoms with E-state index in [4.69, 9.17) is 39.5 Å². The predicted octanol–water partition coefficient (Wildman–Crippen LogP) is 5.10. The molecule has 1 aliphatic rings. The number of rotatable bonds is 5. The van der Waals surface area contributed by atoms with Gasteiger partial charge in [0.1, 0.15) is 0 Å². The third kappa shape index (κ3) is 5.87. The van der Waals surface area contributed by atoms with Crippen LogP contribution >= 0.6 is 34.8 Å². The summed E-state index contributed by atoms with van der Waals surface area (Å²) in [5.41, 5.74) is 0.328. The molecule has 0 atom stereocenters. The second kappa shape index (κ2) is 8.76. The largest absolute Gasteiger partial charge is 0.456 e. The van der Waals surface area contributed by atoms with Gasteiger partial charge in [-0.25, -0.2) is 0 Å². The molecule has 2 rings (SSSR count). The zero-order valence-electron chi connectivity index (χ0n) is 12.5. The Hall–Kier alpha value is -0.970. The minimum absolute atomic E-state index is 0.265. The number of anilines is 1. The molecular formula is C16H18Cl3NO3. The van der Waals surface area contributed by atoms with E-state index in [1.165, 1.54) is 18.6 Å². The Kier molecular flexibility index (Phi) is 7.00. The first-order valence-corrected chi connectivity index (χ1v) is 8.69. The molecule has 0 bridgehead atoms. The van der Waals surface area contributed by atoms with Gasteiger partial charge in [-0.1, -0.05) is 54.1 Å². The van der Waals surface area contributed by atoms with Gasteiger partial charge in [-0.05, 0) is 30.9 Å². The van der Waals surface area contributed by atoms with E-state index in [1.807, 2.05) is 0 Å². The zero-order valence-corrected chi connectivity index (χ0v) is 14.8. The van der Waals surface area contributed by atoms with Crippen LogP contribution in [0.25, 0.3) is 0 Å². The fourth-order valence-corrected chi connectivity index (χ4v) is 3.23. The summed E-state index contributed by atoms with van der Waals surface area (Å²) in [4.78, 5) is 23.6. The Labute approximate surface area is 150 Å². The van der Waals surface area contributed by atoms with Crippen LogP contribution in [0.2, 0.25) is 15.1 Å². The van der Waals surface area contributed by atoms with Crippen LogP contribution in [-0.4, -0.2) is 18.5 Å². The van der Waals surface area contributed by atoms with Crippen molar-refractivity contribution in [1.29, 1.82) is 0 Å². The molecule has 1 aromatic carbocycles. The smallest absolute Gasteiger partial charge is 0.306 e. The lowest BCUT2D eigenvalue weighted by Gasteiger charge is -2.20. The first kappa shape index (κ1) is 18.4. The Morgan fingerprint density at radius 3 is 2.39 bits per heavy atom. The molecule has 0 radical (unpaired) electrons. The summed E-state index contributed by atoms with van der Waals surface area (Å²) in [5, 5.41) is 3.39. The first-order valence-electron chi connectivity index (χ1n) is 7.55. The minimum Gasteiger partial charge on any atom is -0.456 e. The van der Waals surface area contributed by atoms with E-state index < -0.39 is 5.91 Å². The average Bonchev–Trinajstić information content (AvgIpc) is 2.51. The van der Waals surface area contributed by atoms with Crippen molar-refractivity contribution >= 4 is 52.4 Å². The Morgan fingerprint density at radius 1 is 1.04 bits per heavy atom. The molecule has 1 aliphatic carbocycles. The third-order valence-electron chi connectivity index (χ3n) is 3.83. The van der Waals surface area contributed by atoms with Gasteiger partial charge in [0.2, 0.25) is 0 Å². The number of amides is 1. The van der Waals surface area contributed by atoms with Gasteiger partial charge in [0.05, 0.1) is 20.8 Å². The molecule has 0 spiro atoms. The SMILES string of the molecule is O=C(COC(=O)CC1CCCCC1)Nc1cc(Cl)c(Cl)cc1Cl. The van der Waals surface area contributed by atoms with E-state index in [1.54, 1.807) is 0 Å². The van der Waals surface area contributed by atoms with Crippen molar-refractivity contribution in [2.24, 2.45) is 5.92 Å². The van der Waals surface area contributed by atoms with Crippen LogP contribution in [0.5, 0.6) is 0 Å². The van der Waals surface area contributed by atoms with E-state index in [0.717, 1.165) is 25.7 Å². The number of halogens is 3. The van der Waals surface area contributed by atoms with Crippen LogP contribution < -0.4 is 5.32 Å². The molecule has 7 heteroatoms. The van der Waals surface area contributed by atoms with Crippen molar-refractivity contribution in [1.82, 2.24) is 0 Å². The van der Waals surface area contributed by atoms with Gasteiger partial charge in [0, 0.05) is 6.42 Å². The topological polar surface area (TPSA) is 55.4 Å². The summed E-state index contributed by atoms with van der Waals surface area (Å²) in [6.45, 7) is -0.345. The fraction of sp³-hybridized carbons (Fsp3) is 0.500. The van der Waals surface area contributed by atoms with Crippen LogP contribution in [0.1, 0.15) is 38.5 Å². The van der Waals surface area contributed by atoms with Crippen LogP contribution in [0.15, 0.2) is 12.1 Å². The summed E-state index contributed by atoms with van der Waals surface area (Å²) in [5.74, 6) is -0.432. The quantitative estimate of drug-likeness (QED) is 0.573. The van der Waals surface area contributed by atoms with Gasteiger partial charge >= 0.3 is 5.97 Å². The van der Waals surface area contributed by atoms with E-state index in [2.05, 4.69) is 5.32 Å². The van der Waals surface area contributed by atoms with Crippen molar-refractivity contribution in [3.63, 3.8) is 0 Å². The molecule has 4 nitrogen and oxygen atoms in total. The summed E-state index contributed by atoms with van der Waals surface area (Å²) in [7, 11) is 0. The molecule has 1 amide bonds. The molecular weight excluding hydrogens is 361 g/mol. The lowest BCUT2D eigenvalue weighted by Crippen LogP contribution is -2.22. The number of hydrogen-bond donors (Lipinski definition) is 1. The maximum Gasteiger partial charge on any atom is 0.306 e. The van der Waals surface area contributed by atoms with Gasteiger partial charge in [0.25, 0.3) is 5.91 Å². The number of benzene rings is 1. The second-order valence-corrected chi connectivity index (χ2v) is 6.88. The van der Waals surface area contributed by atoms with Gasteiger partial charge in [-0.15, -0.1) is 0 Å². The standard InChI is InChI=1S/C16H18Cl3NO3/c17-11-7-13(19)14(8-12(11)18)20-15(21)9-23-16(22)6-10-4-2-1-3-5-10/h7-8,10H,1-6,9H2,(H,20,21). The van der Waals surface area contributed by atoms with Crippen LogP contribution in [0.4, 0.5) is 5.69 Å². The Morgan fingerprint density at radius 2 is 1.70 bits per heavy atom. The summed E-state index contributed by atoms with van der Waals surface area (Å²) in [6, 6.07) is 2.89. The van der Waals surface area contributed by atoms with Crippen molar-refractivity contribution in [3.05, 3.63) is 27.2 Å². The number of ether oxygens (including phenoxy) is 1. The summed E-state index contributed by atoms with van der Waals surface area (Å²) in [6.07, 6.45) is 6.04. The van der Waals surface area contributed by atoms with Crippen LogP contribution in [0.3, 0.4) is 0 Å². The molecule has 0 unspecified atom stereocenters. The van der Waals surface area contributed by atoms with Crippen molar-refractivity contribution in [3.8, 4) is 0 Å². The molecule has 1 N–H and O–H groups in total. The molecule has 1 aromatic rings. The number of nitrogens with one attached hydrogen (secondary N) is 1. The van der Waals surface area contributed by atoms with Gasteiger partial charge in [-0.3, -0.25) is 9.59 Å². The lowest BCUT2D eigenvalue weighted by atomic mass is 9.87. The highest BCUT2D eigenvalue weighted by Gasteiger charge is 2.18. The maximum atomic E-state index is 11.8. The number of hydrogen-bond acceptors (Lipinski definition) is 3. The van der Waals surface area contributed by atoms with Gasteiger partial charge in [0.15, 0.2) is 6.61 Å². The van der Waals surface area contributed by atoms with Gasteiger partial charge in [-0.2, -0.15) is 0 Å². The Balaban J connectivity index is 1.78. The summed E-state index contributed by atoms with van der Waals surface area (Å²) >= 11 is 17.7. The number of carbonyl (C=O) groups excluding carboxylic acids is 2. The molecule has 1 saturated carbocycles. The van der Waals surface area contributed by atoms with Crippen LogP contribution in [0, 0.1) is 5.92 Å². The lowest BCUT2D eigenvalue weighted by molar-refractivity contribution is -0.148. The molecule has 0 aromatic heterocycles. The average molecular weight is 379 g/mol. The maximum absolute atomic E-state index is 11.8. The van der Waals surface area contributed by atoms with Crippen molar-refractivity contribution in [2.45, 2.75) is 38.5 Å². The highest BCUT2D eigenvalue weighted by atomic mass is 35.5. The minimum atomic E-state index is -0.470. The third-order valence-corrected chi connectivity index (χ3v) is 4.86. The first-order chi connectivity index (χ1) is 11.0. The summed E-state index contributed by atoms with van der Waals surface area (Å²) < 4.78 is 5.02. The fourth-order valence-electron chi connectivity index (χ4n) is 2.64. The number of esters is 1. The molecule has 1 fully saturated rings. The van der Waals surface area contributed by atoms with Crippen molar-refractivity contribution in [2.75, 3.05) is 11.9 Å². The monoisotopic (exact) mass is 377 g/mol. The molecule has 0 heterocycles. The van der Waals surface area contributed by atoms with E-state index in [-0.39, 0.29) is 22.6 Å². The van der Waals surface area contributed by atoms with E-state index in [0.29, 0.717) is 23.0 Å². The predicted molar refractivity (Wildman–Crippen MR) is 92.3 cm³/mol. The van der Waals surface area contributed by atoms with E-state index >= 15 is 0 Å². The second-order valence-electron chi connectivity index (χ2n) is 5.66. The highest BCUT2D eigenvalue weighted by molar-refractivity contribution is 6.44. The molecule has 0 saturated heterocycles. The normalized spacial score (nSPS) is 15.3. The molecule has 0 aliphatic heterocycles. The van der Waals surface area contributed by atoms with Crippen LogP contribution in [-0.2, 0) is 14.3 Å². The van der Waals surface area contributed by atoms with E-state index in [9.17, 15) is 9.59 Å². The highest BCUT2D eigenvalue weighted by Crippen LogP contribution is 2.32. The zero-order chi connectivity index (χ0) is 16.8.